The van der Waals surface area contributed by atoms with Crippen LogP contribution in [0.4, 0.5) is 0 Å². The van der Waals surface area contributed by atoms with Gasteiger partial charge < -0.3 is 11.1 Å². The largest absolute Gasteiger partial charge is 0.356 e. The van der Waals surface area contributed by atoms with Gasteiger partial charge in [0.15, 0.2) is 0 Å². The van der Waals surface area contributed by atoms with E-state index in [9.17, 15) is 4.79 Å². The van der Waals surface area contributed by atoms with Gasteiger partial charge in [-0.25, -0.2) is 0 Å². The molecule has 0 saturated carbocycles. The fourth-order valence-corrected chi connectivity index (χ4v) is 2.09. The SMILES string of the molecule is Cl.NCCCC(=O)NCCc1ccc2ccccc2c1. The molecule has 2 aromatic rings. The van der Waals surface area contributed by atoms with Crippen LogP contribution in [0.2, 0.25) is 0 Å². The van der Waals surface area contributed by atoms with E-state index in [0.29, 0.717) is 19.5 Å². The van der Waals surface area contributed by atoms with Crippen molar-refractivity contribution < 1.29 is 4.79 Å². The van der Waals surface area contributed by atoms with Gasteiger partial charge >= 0.3 is 0 Å². The van der Waals surface area contributed by atoms with Crippen LogP contribution in [-0.2, 0) is 11.2 Å². The molecule has 0 heterocycles. The van der Waals surface area contributed by atoms with Crippen molar-refractivity contribution in [3.05, 3.63) is 48.0 Å². The molecule has 108 valence electrons. The molecule has 1 amide bonds. The van der Waals surface area contributed by atoms with Crippen LogP contribution < -0.4 is 11.1 Å². The molecule has 20 heavy (non-hydrogen) atoms. The lowest BCUT2D eigenvalue weighted by Gasteiger charge is -2.06. The third-order valence-corrected chi connectivity index (χ3v) is 3.16. The topological polar surface area (TPSA) is 55.1 Å². The quantitative estimate of drug-likeness (QED) is 0.860. The molecule has 0 aliphatic rings. The van der Waals surface area contributed by atoms with Gasteiger partial charge in [0.25, 0.3) is 0 Å². The molecular formula is C16H21ClN2O. The fourth-order valence-electron chi connectivity index (χ4n) is 2.09. The molecular weight excluding hydrogens is 272 g/mol. The number of hydrogen-bond acceptors (Lipinski definition) is 2. The van der Waals surface area contributed by atoms with E-state index in [1.165, 1.54) is 16.3 Å². The molecule has 0 unspecified atom stereocenters. The first-order valence-electron chi connectivity index (χ1n) is 6.74. The van der Waals surface area contributed by atoms with Gasteiger partial charge in [0.1, 0.15) is 0 Å². The molecule has 0 radical (unpaired) electrons. The number of halogens is 1. The summed E-state index contributed by atoms with van der Waals surface area (Å²) >= 11 is 0. The van der Waals surface area contributed by atoms with Crippen molar-refractivity contribution in [1.82, 2.24) is 5.32 Å². The van der Waals surface area contributed by atoms with Crippen LogP contribution in [0.1, 0.15) is 18.4 Å². The lowest BCUT2D eigenvalue weighted by molar-refractivity contribution is -0.121. The molecule has 0 fully saturated rings. The maximum Gasteiger partial charge on any atom is 0.220 e. The summed E-state index contributed by atoms with van der Waals surface area (Å²) in [7, 11) is 0. The Hall–Kier alpha value is -1.58. The maximum absolute atomic E-state index is 11.4. The van der Waals surface area contributed by atoms with Gasteiger partial charge in [-0.3, -0.25) is 4.79 Å². The highest BCUT2D eigenvalue weighted by Crippen LogP contribution is 2.15. The molecule has 3 N–H and O–H groups in total. The van der Waals surface area contributed by atoms with Crippen molar-refractivity contribution in [3.8, 4) is 0 Å². The molecule has 3 nitrogen and oxygen atoms in total. The molecule has 0 aliphatic heterocycles. The Morgan fingerprint density at radius 1 is 1.10 bits per heavy atom. The number of nitrogens with two attached hydrogens (primary N) is 1. The standard InChI is InChI=1S/C16H20N2O.ClH/c17-10-3-6-16(19)18-11-9-13-7-8-14-4-1-2-5-15(14)12-13;/h1-2,4-5,7-8,12H,3,6,9-11,17H2,(H,18,19);1H. The van der Waals surface area contributed by atoms with E-state index in [-0.39, 0.29) is 18.3 Å². The van der Waals surface area contributed by atoms with Gasteiger partial charge in [0.05, 0.1) is 0 Å². The Labute approximate surface area is 126 Å². The number of nitrogens with one attached hydrogen (secondary N) is 1. The number of fused-ring (bicyclic) bond motifs is 1. The second-order valence-electron chi connectivity index (χ2n) is 4.67. The molecule has 0 saturated heterocycles. The number of amides is 1. The smallest absolute Gasteiger partial charge is 0.220 e. The van der Waals surface area contributed by atoms with Gasteiger partial charge in [-0.1, -0.05) is 42.5 Å². The van der Waals surface area contributed by atoms with Gasteiger partial charge in [-0.2, -0.15) is 0 Å². The van der Waals surface area contributed by atoms with Gasteiger partial charge in [0, 0.05) is 13.0 Å². The van der Waals surface area contributed by atoms with Crippen LogP contribution in [0.3, 0.4) is 0 Å². The van der Waals surface area contributed by atoms with Crippen molar-refractivity contribution in [3.63, 3.8) is 0 Å². The maximum atomic E-state index is 11.4. The van der Waals surface area contributed by atoms with E-state index in [4.69, 9.17) is 5.73 Å². The highest BCUT2D eigenvalue weighted by molar-refractivity contribution is 5.85. The predicted octanol–water partition coefficient (Wildman–Crippen LogP) is 2.66. The van der Waals surface area contributed by atoms with Gasteiger partial charge in [-0.15, -0.1) is 12.4 Å². The number of carbonyl (C=O) groups is 1. The van der Waals surface area contributed by atoms with E-state index >= 15 is 0 Å². The zero-order valence-electron chi connectivity index (χ0n) is 11.5. The normalized spacial score (nSPS) is 10.1. The summed E-state index contributed by atoms with van der Waals surface area (Å²) in [6.45, 7) is 1.25. The third-order valence-electron chi connectivity index (χ3n) is 3.16. The Bertz CT molecular complexity index is 557. The molecule has 0 atom stereocenters. The highest BCUT2D eigenvalue weighted by atomic mass is 35.5. The molecule has 2 rings (SSSR count). The lowest BCUT2D eigenvalue weighted by Crippen LogP contribution is -2.25. The fraction of sp³-hybridized carbons (Fsp3) is 0.312. The predicted molar refractivity (Wildman–Crippen MR) is 86.2 cm³/mol. The Balaban J connectivity index is 0.00000200. The van der Waals surface area contributed by atoms with E-state index in [0.717, 1.165) is 12.8 Å². The van der Waals surface area contributed by atoms with Crippen LogP contribution in [0, 0.1) is 0 Å². The first-order chi connectivity index (χ1) is 9.29. The number of rotatable bonds is 6. The van der Waals surface area contributed by atoms with Crippen molar-refractivity contribution in [2.24, 2.45) is 5.73 Å². The summed E-state index contributed by atoms with van der Waals surface area (Å²) in [5.41, 5.74) is 6.62. The van der Waals surface area contributed by atoms with Crippen LogP contribution in [0.25, 0.3) is 10.8 Å². The second-order valence-corrected chi connectivity index (χ2v) is 4.67. The molecule has 0 bridgehead atoms. The van der Waals surface area contributed by atoms with Crippen molar-refractivity contribution in [2.45, 2.75) is 19.3 Å². The molecule has 4 heteroatoms. The van der Waals surface area contributed by atoms with E-state index in [1.807, 2.05) is 12.1 Å². The number of hydrogen-bond donors (Lipinski definition) is 2. The average molecular weight is 293 g/mol. The zero-order valence-corrected chi connectivity index (χ0v) is 12.3. The minimum absolute atomic E-state index is 0. The summed E-state index contributed by atoms with van der Waals surface area (Å²) in [6.07, 6.45) is 2.13. The minimum atomic E-state index is 0. The summed E-state index contributed by atoms with van der Waals surface area (Å²) < 4.78 is 0. The summed E-state index contributed by atoms with van der Waals surface area (Å²) in [5, 5.41) is 5.41. The van der Waals surface area contributed by atoms with Gasteiger partial charge in [0.2, 0.25) is 5.91 Å². The van der Waals surface area contributed by atoms with E-state index < -0.39 is 0 Å². The Morgan fingerprint density at radius 2 is 1.85 bits per heavy atom. The summed E-state index contributed by atoms with van der Waals surface area (Å²) in [4.78, 5) is 11.4. The van der Waals surface area contributed by atoms with Gasteiger partial charge in [-0.05, 0) is 35.7 Å². The zero-order chi connectivity index (χ0) is 13.5. The van der Waals surface area contributed by atoms with Crippen LogP contribution in [0.5, 0.6) is 0 Å². The minimum Gasteiger partial charge on any atom is -0.356 e. The lowest BCUT2D eigenvalue weighted by atomic mass is 10.1. The molecule has 2 aromatic carbocycles. The third kappa shape index (κ3) is 4.83. The van der Waals surface area contributed by atoms with Crippen LogP contribution in [-0.4, -0.2) is 19.0 Å². The first kappa shape index (κ1) is 16.5. The van der Waals surface area contributed by atoms with Crippen LogP contribution >= 0.6 is 12.4 Å². The van der Waals surface area contributed by atoms with E-state index in [2.05, 4.69) is 35.6 Å². The molecule has 0 aliphatic carbocycles. The Kier molecular flexibility index (Phi) is 7.05. The number of carbonyl (C=O) groups excluding carboxylic acids is 1. The Morgan fingerprint density at radius 3 is 2.60 bits per heavy atom. The van der Waals surface area contributed by atoms with Crippen molar-refractivity contribution >= 4 is 29.1 Å². The summed E-state index contributed by atoms with van der Waals surface area (Å²) in [5.74, 6) is 0.0891. The number of benzene rings is 2. The molecule has 0 aromatic heterocycles. The summed E-state index contributed by atoms with van der Waals surface area (Å²) in [6, 6.07) is 14.7. The first-order valence-corrected chi connectivity index (χ1v) is 6.74. The molecule has 0 spiro atoms. The monoisotopic (exact) mass is 292 g/mol. The van der Waals surface area contributed by atoms with Crippen LogP contribution in [0.15, 0.2) is 42.5 Å². The highest BCUT2D eigenvalue weighted by Gasteiger charge is 2.00. The van der Waals surface area contributed by atoms with Crippen molar-refractivity contribution in [1.29, 1.82) is 0 Å². The average Bonchev–Trinajstić information content (AvgIpc) is 2.45. The van der Waals surface area contributed by atoms with E-state index in [1.54, 1.807) is 0 Å². The second kappa shape index (κ2) is 8.56. The van der Waals surface area contributed by atoms with Crippen molar-refractivity contribution in [2.75, 3.05) is 13.1 Å².